The minimum absolute atomic E-state index is 0.220. The topological polar surface area (TPSA) is 67.9 Å². The third-order valence-corrected chi connectivity index (χ3v) is 4.60. The predicted molar refractivity (Wildman–Crippen MR) is 106 cm³/mol. The average molecular weight is 382 g/mol. The van der Waals surface area contributed by atoms with E-state index in [1.807, 2.05) is 51.1 Å². The number of rotatable bonds is 5. The lowest BCUT2D eigenvalue weighted by Crippen LogP contribution is -2.46. The van der Waals surface area contributed by atoms with Gasteiger partial charge < -0.3 is 19.7 Å². The van der Waals surface area contributed by atoms with E-state index >= 15 is 0 Å². The molecule has 1 heterocycles. The number of hydrogen-bond acceptors (Lipinski definition) is 4. The molecule has 0 radical (unpaired) electrons. The van der Waals surface area contributed by atoms with Crippen LogP contribution in [0.3, 0.4) is 0 Å². The van der Waals surface area contributed by atoms with Crippen LogP contribution in [0.5, 0.6) is 11.5 Å². The van der Waals surface area contributed by atoms with Crippen LogP contribution in [0.25, 0.3) is 0 Å². The maximum atomic E-state index is 13.3. The Morgan fingerprint density at radius 1 is 1.07 bits per heavy atom. The molecule has 3 rings (SSSR count). The minimum atomic E-state index is -0.735. The molecular formula is C22H26N2O4. The lowest BCUT2D eigenvalue weighted by Gasteiger charge is -2.28. The van der Waals surface area contributed by atoms with Gasteiger partial charge in [0.15, 0.2) is 11.5 Å². The molecule has 0 aliphatic carbocycles. The van der Waals surface area contributed by atoms with Crippen molar-refractivity contribution in [3.63, 3.8) is 0 Å². The maximum Gasteiger partial charge on any atom is 0.259 e. The summed E-state index contributed by atoms with van der Waals surface area (Å²) >= 11 is 0. The molecule has 1 atom stereocenters. The van der Waals surface area contributed by atoms with Crippen molar-refractivity contribution >= 4 is 11.8 Å². The Balaban J connectivity index is 2.09. The van der Waals surface area contributed by atoms with Crippen molar-refractivity contribution in [2.45, 2.75) is 38.9 Å². The Bertz CT molecular complexity index is 887. The molecule has 6 heteroatoms. The Morgan fingerprint density at radius 2 is 1.75 bits per heavy atom. The highest BCUT2D eigenvalue weighted by molar-refractivity contribution is 6.07. The van der Waals surface area contributed by atoms with E-state index in [2.05, 4.69) is 5.32 Å². The van der Waals surface area contributed by atoms with Gasteiger partial charge in [-0.05, 0) is 32.4 Å². The summed E-state index contributed by atoms with van der Waals surface area (Å²) in [4.78, 5) is 28.1. The molecule has 2 amide bonds. The number of carbonyl (C=O) groups excluding carboxylic acids is 2. The number of fused-ring (bicyclic) bond motifs is 1. The highest BCUT2D eigenvalue weighted by Gasteiger charge is 2.44. The van der Waals surface area contributed by atoms with Crippen molar-refractivity contribution in [1.82, 2.24) is 10.2 Å². The SMILES string of the molecule is COc1ccc2c(c1OC)C(=O)N(Cc1ccccc1)C2C(=O)NC(C)(C)C. The van der Waals surface area contributed by atoms with Crippen LogP contribution < -0.4 is 14.8 Å². The molecule has 2 aromatic rings. The lowest BCUT2D eigenvalue weighted by atomic mass is 10.0. The molecule has 6 nitrogen and oxygen atoms in total. The lowest BCUT2D eigenvalue weighted by molar-refractivity contribution is -0.127. The van der Waals surface area contributed by atoms with Crippen LogP contribution in [-0.2, 0) is 11.3 Å². The zero-order valence-corrected chi connectivity index (χ0v) is 16.9. The monoisotopic (exact) mass is 382 g/mol. The maximum absolute atomic E-state index is 13.3. The molecule has 1 aliphatic heterocycles. The summed E-state index contributed by atoms with van der Waals surface area (Å²) in [6.45, 7) is 6.07. The quantitative estimate of drug-likeness (QED) is 0.861. The molecular weight excluding hydrogens is 356 g/mol. The predicted octanol–water partition coefficient (Wildman–Crippen LogP) is 3.32. The number of carbonyl (C=O) groups is 2. The average Bonchev–Trinajstić information content (AvgIpc) is 2.92. The molecule has 2 aromatic carbocycles. The number of nitrogens with zero attached hydrogens (tertiary/aromatic N) is 1. The van der Waals surface area contributed by atoms with Crippen molar-refractivity contribution in [1.29, 1.82) is 0 Å². The first-order valence-corrected chi connectivity index (χ1v) is 9.18. The number of amides is 2. The van der Waals surface area contributed by atoms with E-state index in [1.54, 1.807) is 17.0 Å². The van der Waals surface area contributed by atoms with Crippen LogP contribution >= 0.6 is 0 Å². The van der Waals surface area contributed by atoms with Crippen LogP contribution in [0.15, 0.2) is 42.5 Å². The van der Waals surface area contributed by atoms with Gasteiger partial charge in [-0.2, -0.15) is 0 Å². The van der Waals surface area contributed by atoms with E-state index in [0.717, 1.165) is 5.56 Å². The van der Waals surface area contributed by atoms with Crippen molar-refractivity contribution < 1.29 is 19.1 Å². The van der Waals surface area contributed by atoms with E-state index in [0.29, 0.717) is 29.2 Å². The zero-order chi connectivity index (χ0) is 20.5. The molecule has 0 saturated carbocycles. The summed E-state index contributed by atoms with van der Waals surface area (Å²) in [5, 5.41) is 3.00. The first kappa shape index (κ1) is 19.7. The van der Waals surface area contributed by atoms with E-state index in [9.17, 15) is 9.59 Å². The van der Waals surface area contributed by atoms with Gasteiger partial charge in [-0.25, -0.2) is 0 Å². The summed E-state index contributed by atoms with van der Waals surface area (Å²) in [6.07, 6.45) is 0. The number of hydrogen-bond donors (Lipinski definition) is 1. The van der Waals surface area contributed by atoms with Crippen LogP contribution in [-0.4, -0.2) is 36.5 Å². The third kappa shape index (κ3) is 3.67. The van der Waals surface area contributed by atoms with Crippen LogP contribution in [0, 0.1) is 0 Å². The Labute approximate surface area is 165 Å². The van der Waals surface area contributed by atoms with Crippen molar-refractivity contribution in [3.05, 3.63) is 59.2 Å². The van der Waals surface area contributed by atoms with Gasteiger partial charge in [-0.3, -0.25) is 9.59 Å². The first-order valence-electron chi connectivity index (χ1n) is 9.18. The molecule has 1 N–H and O–H groups in total. The van der Waals surface area contributed by atoms with Gasteiger partial charge >= 0.3 is 0 Å². The smallest absolute Gasteiger partial charge is 0.259 e. The van der Waals surface area contributed by atoms with Crippen LogP contribution in [0.1, 0.15) is 48.3 Å². The summed E-state index contributed by atoms with van der Waals surface area (Å²) in [5.74, 6) is 0.353. The zero-order valence-electron chi connectivity index (χ0n) is 16.9. The number of methoxy groups -OCH3 is 2. The molecule has 0 bridgehead atoms. The number of benzene rings is 2. The van der Waals surface area contributed by atoms with Gasteiger partial charge in [-0.1, -0.05) is 36.4 Å². The Hall–Kier alpha value is -3.02. The van der Waals surface area contributed by atoms with E-state index in [1.165, 1.54) is 14.2 Å². The summed E-state index contributed by atoms with van der Waals surface area (Å²) in [6, 6.07) is 12.4. The van der Waals surface area contributed by atoms with Gasteiger partial charge in [-0.15, -0.1) is 0 Å². The number of nitrogens with one attached hydrogen (secondary N) is 1. The molecule has 0 saturated heterocycles. The van der Waals surface area contributed by atoms with Crippen molar-refractivity contribution in [2.75, 3.05) is 14.2 Å². The van der Waals surface area contributed by atoms with Gasteiger partial charge in [0.1, 0.15) is 6.04 Å². The highest BCUT2D eigenvalue weighted by atomic mass is 16.5. The minimum Gasteiger partial charge on any atom is -0.493 e. The Kier molecular flexibility index (Phi) is 5.31. The number of ether oxygens (including phenoxy) is 2. The molecule has 28 heavy (non-hydrogen) atoms. The first-order chi connectivity index (χ1) is 13.3. The van der Waals surface area contributed by atoms with E-state index in [-0.39, 0.29) is 11.8 Å². The van der Waals surface area contributed by atoms with Crippen LogP contribution in [0.2, 0.25) is 0 Å². The second-order valence-electron chi connectivity index (χ2n) is 7.83. The molecule has 148 valence electrons. The molecule has 0 spiro atoms. The standard InChI is InChI=1S/C22H26N2O4/c1-22(2,3)23-20(25)18-15-11-12-16(27-4)19(28-5)17(15)21(26)24(18)13-14-9-7-6-8-10-14/h6-12,18H,13H2,1-5H3,(H,23,25). The fourth-order valence-electron chi connectivity index (χ4n) is 3.48. The molecule has 0 aromatic heterocycles. The largest absolute Gasteiger partial charge is 0.493 e. The van der Waals surface area contributed by atoms with Gasteiger partial charge in [0.25, 0.3) is 5.91 Å². The van der Waals surface area contributed by atoms with Crippen molar-refractivity contribution in [3.8, 4) is 11.5 Å². The third-order valence-electron chi connectivity index (χ3n) is 4.60. The van der Waals surface area contributed by atoms with Gasteiger partial charge in [0.2, 0.25) is 5.91 Å². The van der Waals surface area contributed by atoms with Crippen molar-refractivity contribution in [2.24, 2.45) is 0 Å². The molecule has 0 fully saturated rings. The summed E-state index contributed by atoms with van der Waals surface area (Å²) in [5.41, 5.74) is 1.54. The van der Waals surface area contributed by atoms with Crippen LogP contribution in [0.4, 0.5) is 0 Å². The van der Waals surface area contributed by atoms with Gasteiger partial charge in [0.05, 0.1) is 19.8 Å². The second-order valence-corrected chi connectivity index (χ2v) is 7.83. The van der Waals surface area contributed by atoms with E-state index in [4.69, 9.17) is 9.47 Å². The fourth-order valence-corrected chi connectivity index (χ4v) is 3.48. The normalized spacial score (nSPS) is 16.0. The van der Waals surface area contributed by atoms with E-state index < -0.39 is 11.6 Å². The summed E-state index contributed by atoms with van der Waals surface area (Å²) < 4.78 is 10.8. The van der Waals surface area contributed by atoms with Gasteiger partial charge in [0, 0.05) is 17.6 Å². The fraction of sp³-hybridized carbons (Fsp3) is 0.364. The highest BCUT2D eigenvalue weighted by Crippen LogP contribution is 2.44. The Morgan fingerprint density at radius 3 is 2.32 bits per heavy atom. The summed E-state index contributed by atoms with van der Waals surface area (Å²) in [7, 11) is 3.02. The second kappa shape index (κ2) is 7.54. The molecule has 1 aliphatic rings. The molecule has 1 unspecified atom stereocenters.